The van der Waals surface area contributed by atoms with Crippen molar-refractivity contribution in [3.63, 3.8) is 0 Å². The number of pyridine rings is 1. The Bertz CT molecular complexity index is 640. The third-order valence-corrected chi connectivity index (χ3v) is 4.25. The zero-order valence-corrected chi connectivity index (χ0v) is 13.1. The topological polar surface area (TPSA) is 34.1 Å². The lowest BCUT2D eigenvalue weighted by molar-refractivity contribution is 0.400. The van der Waals surface area contributed by atoms with E-state index in [0.717, 1.165) is 28.1 Å². The molecule has 106 valence electrons. The summed E-state index contributed by atoms with van der Waals surface area (Å²) >= 11 is 4.40. The molecule has 1 aromatic heterocycles. The molecule has 1 aromatic carbocycles. The fraction of sp³-hybridized carbons (Fsp3) is 0.154. The van der Waals surface area contributed by atoms with E-state index in [1.165, 1.54) is 19.2 Å². The van der Waals surface area contributed by atoms with Crippen LogP contribution in [0, 0.1) is 18.6 Å². The number of anilines is 1. The van der Waals surface area contributed by atoms with Crippen LogP contribution in [0.25, 0.3) is 0 Å². The van der Waals surface area contributed by atoms with Gasteiger partial charge in [0.1, 0.15) is 17.3 Å². The van der Waals surface area contributed by atoms with Crippen LogP contribution in [0.3, 0.4) is 0 Å². The highest BCUT2D eigenvalue weighted by Crippen LogP contribution is 2.34. The third-order valence-electron chi connectivity index (χ3n) is 2.59. The molecule has 1 N–H and O–H groups in total. The highest BCUT2D eigenvalue weighted by atomic mass is 79.9. The van der Waals surface area contributed by atoms with Crippen molar-refractivity contribution in [2.45, 2.75) is 11.8 Å². The van der Waals surface area contributed by atoms with Crippen molar-refractivity contribution in [3.05, 3.63) is 46.1 Å². The van der Waals surface area contributed by atoms with Crippen LogP contribution in [-0.2, 0) is 0 Å². The summed E-state index contributed by atoms with van der Waals surface area (Å²) in [4.78, 5) is 4.39. The lowest BCUT2D eigenvalue weighted by atomic mass is 10.2. The average Bonchev–Trinajstić information content (AvgIpc) is 2.42. The van der Waals surface area contributed by atoms with Crippen molar-refractivity contribution in [3.8, 4) is 5.88 Å². The van der Waals surface area contributed by atoms with E-state index in [1.54, 1.807) is 6.20 Å². The van der Waals surface area contributed by atoms with Crippen LogP contribution in [-0.4, -0.2) is 12.1 Å². The molecular formula is C13H11BrF2N2OS. The van der Waals surface area contributed by atoms with Crippen molar-refractivity contribution >= 4 is 33.6 Å². The molecule has 0 saturated carbocycles. The minimum atomic E-state index is -0.623. The zero-order chi connectivity index (χ0) is 14.7. The van der Waals surface area contributed by atoms with E-state index in [1.807, 2.05) is 6.92 Å². The van der Waals surface area contributed by atoms with Crippen molar-refractivity contribution in [2.24, 2.45) is 0 Å². The Morgan fingerprint density at radius 3 is 2.75 bits per heavy atom. The highest BCUT2D eigenvalue weighted by molar-refractivity contribution is 9.10. The van der Waals surface area contributed by atoms with Gasteiger partial charge in [0.25, 0.3) is 0 Å². The third kappa shape index (κ3) is 3.21. The molecule has 20 heavy (non-hydrogen) atoms. The molecule has 0 amide bonds. The molecular weight excluding hydrogens is 350 g/mol. The average molecular weight is 361 g/mol. The molecule has 0 fully saturated rings. The molecule has 2 aromatic rings. The molecule has 3 nitrogen and oxygen atoms in total. The number of rotatable bonds is 4. The minimum absolute atomic E-state index is 0.285. The van der Waals surface area contributed by atoms with Crippen LogP contribution >= 0.6 is 27.9 Å². The first-order valence-corrected chi connectivity index (χ1v) is 7.21. The molecule has 0 spiro atoms. The van der Waals surface area contributed by atoms with Gasteiger partial charge in [-0.1, -0.05) is 0 Å². The predicted molar refractivity (Wildman–Crippen MR) is 79.1 cm³/mol. The lowest BCUT2D eigenvalue weighted by Crippen LogP contribution is -1.99. The SMILES string of the molecule is COc1ncc(Br)c(C)c1NSc1ccc(F)cc1F. The van der Waals surface area contributed by atoms with Crippen LogP contribution in [0.15, 0.2) is 33.8 Å². The maximum Gasteiger partial charge on any atom is 0.238 e. The van der Waals surface area contributed by atoms with Crippen LogP contribution in [0.4, 0.5) is 14.5 Å². The fourth-order valence-electron chi connectivity index (χ4n) is 1.50. The van der Waals surface area contributed by atoms with Gasteiger partial charge in [-0.2, -0.15) is 0 Å². The molecule has 0 saturated heterocycles. The van der Waals surface area contributed by atoms with Gasteiger partial charge in [-0.15, -0.1) is 0 Å². The van der Waals surface area contributed by atoms with Gasteiger partial charge in [0, 0.05) is 16.7 Å². The first-order chi connectivity index (χ1) is 9.52. The second-order valence-electron chi connectivity index (χ2n) is 3.89. The van der Waals surface area contributed by atoms with Crippen molar-refractivity contribution in [1.29, 1.82) is 0 Å². The van der Waals surface area contributed by atoms with E-state index in [2.05, 4.69) is 25.6 Å². The largest absolute Gasteiger partial charge is 0.479 e. The van der Waals surface area contributed by atoms with Gasteiger partial charge in [-0.25, -0.2) is 13.8 Å². The van der Waals surface area contributed by atoms with Crippen molar-refractivity contribution < 1.29 is 13.5 Å². The molecule has 0 unspecified atom stereocenters. The number of ether oxygens (including phenoxy) is 1. The van der Waals surface area contributed by atoms with Gasteiger partial charge in [-0.3, -0.25) is 0 Å². The smallest absolute Gasteiger partial charge is 0.238 e. The Hall–Kier alpha value is -1.34. The molecule has 0 aliphatic carbocycles. The van der Waals surface area contributed by atoms with Crippen LogP contribution in [0.5, 0.6) is 5.88 Å². The van der Waals surface area contributed by atoms with E-state index in [0.29, 0.717) is 11.6 Å². The number of halogens is 3. The quantitative estimate of drug-likeness (QED) is 0.810. The first-order valence-electron chi connectivity index (χ1n) is 5.60. The lowest BCUT2D eigenvalue weighted by Gasteiger charge is -2.13. The minimum Gasteiger partial charge on any atom is -0.479 e. The van der Waals surface area contributed by atoms with Crippen LogP contribution in [0.1, 0.15) is 5.56 Å². The number of nitrogens with zero attached hydrogens (tertiary/aromatic N) is 1. The van der Waals surface area contributed by atoms with E-state index in [-0.39, 0.29) is 4.90 Å². The van der Waals surface area contributed by atoms with Crippen molar-refractivity contribution in [2.75, 3.05) is 11.8 Å². The van der Waals surface area contributed by atoms with E-state index >= 15 is 0 Å². The highest BCUT2D eigenvalue weighted by Gasteiger charge is 2.12. The number of methoxy groups -OCH3 is 1. The van der Waals surface area contributed by atoms with Crippen molar-refractivity contribution in [1.82, 2.24) is 4.98 Å². The van der Waals surface area contributed by atoms with Gasteiger partial charge >= 0.3 is 0 Å². The van der Waals surface area contributed by atoms with Gasteiger partial charge in [0.2, 0.25) is 5.88 Å². The number of aromatic nitrogens is 1. The van der Waals surface area contributed by atoms with Gasteiger partial charge in [0.05, 0.1) is 12.0 Å². The fourth-order valence-corrected chi connectivity index (χ4v) is 2.54. The molecule has 0 aliphatic heterocycles. The van der Waals surface area contributed by atoms with E-state index in [4.69, 9.17) is 4.74 Å². The molecule has 7 heteroatoms. The summed E-state index contributed by atoms with van der Waals surface area (Å²) in [6, 6.07) is 3.42. The van der Waals surface area contributed by atoms with Crippen LogP contribution < -0.4 is 9.46 Å². The van der Waals surface area contributed by atoms with Gasteiger partial charge < -0.3 is 9.46 Å². The second kappa shape index (κ2) is 6.41. The van der Waals surface area contributed by atoms with E-state index in [9.17, 15) is 8.78 Å². The summed E-state index contributed by atoms with van der Waals surface area (Å²) in [5, 5.41) is 0. The summed E-state index contributed by atoms with van der Waals surface area (Å²) in [5.74, 6) is -0.826. The summed E-state index contributed by atoms with van der Waals surface area (Å²) < 4.78 is 35.3. The maximum absolute atomic E-state index is 13.6. The Kier molecular flexibility index (Phi) is 4.82. The second-order valence-corrected chi connectivity index (χ2v) is 5.60. The van der Waals surface area contributed by atoms with Gasteiger partial charge in [-0.05, 0) is 52.5 Å². The van der Waals surface area contributed by atoms with E-state index < -0.39 is 11.6 Å². The summed E-state index contributed by atoms with van der Waals surface area (Å²) in [7, 11) is 1.50. The first kappa shape index (κ1) is 15.1. The molecule has 2 rings (SSSR count). The standard InChI is InChI=1S/C13H11BrF2N2OS/c1-7-9(14)6-17-13(19-2)12(7)18-20-11-4-3-8(15)5-10(11)16/h3-6,18H,1-2H3. The number of benzene rings is 1. The van der Waals surface area contributed by atoms with Gasteiger partial charge in [0.15, 0.2) is 0 Å². The predicted octanol–water partition coefficient (Wildman–Crippen LogP) is 4.56. The molecule has 0 radical (unpaired) electrons. The summed E-state index contributed by atoms with van der Waals surface area (Å²) in [6.45, 7) is 1.87. The Balaban J connectivity index is 2.24. The summed E-state index contributed by atoms with van der Waals surface area (Å²) in [5.41, 5.74) is 1.52. The monoisotopic (exact) mass is 360 g/mol. The van der Waals surface area contributed by atoms with Crippen LogP contribution in [0.2, 0.25) is 0 Å². The molecule has 0 atom stereocenters. The molecule has 0 bridgehead atoms. The number of hydrogen-bond donors (Lipinski definition) is 1. The number of nitrogens with one attached hydrogen (secondary N) is 1. The summed E-state index contributed by atoms with van der Waals surface area (Å²) in [6.07, 6.45) is 1.63. The Morgan fingerprint density at radius 2 is 2.10 bits per heavy atom. The number of hydrogen-bond acceptors (Lipinski definition) is 4. The zero-order valence-electron chi connectivity index (χ0n) is 10.7. The Labute approximate surface area is 128 Å². The molecule has 1 heterocycles. The normalized spacial score (nSPS) is 10.4. The maximum atomic E-state index is 13.6. The Morgan fingerprint density at radius 1 is 1.35 bits per heavy atom. The molecule has 0 aliphatic rings.